The molecule has 6 rings (SSSR count). The van der Waals surface area contributed by atoms with Gasteiger partial charge in [-0.25, -0.2) is 4.79 Å². The van der Waals surface area contributed by atoms with Gasteiger partial charge in [0.25, 0.3) is 0 Å². The van der Waals surface area contributed by atoms with Gasteiger partial charge in [0.15, 0.2) is 11.4 Å². The average molecular weight is 489 g/mol. The Labute approximate surface area is 208 Å². The molecule has 0 radical (unpaired) electrons. The molecule has 2 aliphatic rings. The lowest BCUT2D eigenvalue weighted by Gasteiger charge is -2.21. The summed E-state index contributed by atoms with van der Waals surface area (Å²) in [7, 11) is 0. The topological polar surface area (TPSA) is 70.8 Å². The molecule has 2 aliphatic heterocycles. The van der Waals surface area contributed by atoms with Gasteiger partial charge in [0.05, 0.1) is 5.39 Å². The van der Waals surface area contributed by atoms with E-state index in [1.165, 1.54) is 5.56 Å². The lowest BCUT2D eigenvalue weighted by molar-refractivity contribution is 0.211. The number of aromatic nitrogens is 1. The summed E-state index contributed by atoms with van der Waals surface area (Å²) in [6.07, 6.45) is 0. The van der Waals surface area contributed by atoms with E-state index in [0.29, 0.717) is 28.3 Å². The number of benzene rings is 3. The van der Waals surface area contributed by atoms with Crippen LogP contribution < -0.4 is 10.1 Å². The third-order valence-electron chi connectivity index (χ3n) is 6.81. The van der Waals surface area contributed by atoms with Crippen LogP contribution in [0.15, 0.2) is 77.3 Å². The first-order valence-electron chi connectivity index (χ1n) is 11.8. The highest BCUT2D eigenvalue weighted by molar-refractivity contribution is 6.30. The molecule has 2 atom stereocenters. The van der Waals surface area contributed by atoms with Crippen LogP contribution in [0, 0.1) is 11.8 Å². The van der Waals surface area contributed by atoms with E-state index in [4.69, 9.17) is 20.9 Å². The Hall–Kier alpha value is -3.55. The minimum absolute atomic E-state index is 0.114. The highest BCUT2D eigenvalue weighted by atomic mass is 35.5. The number of para-hydroxylation sites is 1. The molecule has 3 aromatic carbocycles. The molecule has 2 amide bonds. The Bertz CT molecular complexity index is 1340. The second-order valence-electron chi connectivity index (χ2n) is 9.28. The van der Waals surface area contributed by atoms with Crippen LogP contribution >= 0.6 is 11.6 Å². The number of amides is 2. The number of fused-ring (bicyclic) bond motifs is 2. The van der Waals surface area contributed by atoms with Crippen molar-refractivity contribution < 1.29 is 14.1 Å². The predicted molar refractivity (Wildman–Crippen MR) is 135 cm³/mol. The van der Waals surface area contributed by atoms with E-state index >= 15 is 0 Å². The highest BCUT2D eigenvalue weighted by Crippen LogP contribution is 2.33. The van der Waals surface area contributed by atoms with Gasteiger partial charge in [-0.15, -0.1) is 0 Å². The fraction of sp³-hybridized carbons (Fsp3) is 0.259. The molecular weight excluding hydrogens is 464 g/mol. The Morgan fingerprint density at radius 1 is 0.971 bits per heavy atom. The number of hydrogen-bond acceptors (Lipinski definition) is 5. The van der Waals surface area contributed by atoms with E-state index in [-0.39, 0.29) is 6.03 Å². The summed E-state index contributed by atoms with van der Waals surface area (Å²) in [5.41, 5.74) is 1.88. The summed E-state index contributed by atoms with van der Waals surface area (Å²) in [4.78, 5) is 17.2. The average Bonchev–Trinajstić information content (AvgIpc) is 3.55. The third-order valence-corrected chi connectivity index (χ3v) is 7.06. The molecule has 178 valence electrons. The summed E-state index contributed by atoms with van der Waals surface area (Å²) in [5, 5.41) is 8.44. The minimum atomic E-state index is -0.114. The molecular formula is C27H25ClN4O3. The predicted octanol–water partition coefficient (Wildman–Crippen LogP) is 5.87. The molecule has 3 heterocycles. The maximum Gasteiger partial charge on any atom is 0.323 e. The summed E-state index contributed by atoms with van der Waals surface area (Å²) in [5.74, 6) is 3.00. The number of nitrogens with zero attached hydrogens (tertiary/aromatic N) is 3. The smallest absolute Gasteiger partial charge is 0.323 e. The van der Waals surface area contributed by atoms with Crippen LogP contribution in [-0.4, -0.2) is 47.2 Å². The zero-order valence-corrected chi connectivity index (χ0v) is 19.8. The summed E-state index contributed by atoms with van der Waals surface area (Å²) >= 11 is 5.96. The first-order valence-corrected chi connectivity index (χ1v) is 12.1. The highest BCUT2D eigenvalue weighted by Gasteiger charge is 2.41. The van der Waals surface area contributed by atoms with E-state index < -0.39 is 0 Å². The molecule has 2 saturated heterocycles. The van der Waals surface area contributed by atoms with Gasteiger partial charge in [-0.2, -0.15) is 0 Å². The van der Waals surface area contributed by atoms with Crippen LogP contribution in [0.25, 0.3) is 11.0 Å². The van der Waals surface area contributed by atoms with Crippen LogP contribution in [0.1, 0.15) is 5.56 Å². The Morgan fingerprint density at radius 3 is 2.54 bits per heavy atom. The summed E-state index contributed by atoms with van der Waals surface area (Å²) in [6, 6.07) is 23.0. The van der Waals surface area contributed by atoms with Crippen LogP contribution in [0.5, 0.6) is 11.5 Å². The van der Waals surface area contributed by atoms with Gasteiger partial charge in [0.1, 0.15) is 11.5 Å². The van der Waals surface area contributed by atoms with E-state index in [1.807, 2.05) is 65.6 Å². The second-order valence-corrected chi connectivity index (χ2v) is 9.72. The number of urea groups is 1. The number of carbonyl (C=O) groups is 1. The van der Waals surface area contributed by atoms with Crippen molar-refractivity contribution in [2.45, 2.75) is 6.54 Å². The summed E-state index contributed by atoms with van der Waals surface area (Å²) < 4.78 is 11.3. The van der Waals surface area contributed by atoms with Gasteiger partial charge in [0, 0.05) is 37.7 Å². The number of halogens is 1. The Morgan fingerprint density at radius 2 is 1.74 bits per heavy atom. The lowest BCUT2D eigenvalue weighted by Crippen LogP contribution is -2.36. The van der Waals surface area contributed by atoms with Crippen molar-refractivity contribution in [3.05, 3.63) is 83.4 Å². The van der Waals surface area contributed by atoms with Crippen molar-refractivity contribution in [1.82, 2.24) is 15.0 Å². The first kappa shape index (κ1) is 21.9. The van der Waals surface area contributed by atoms with Crippen molar-refractivity contribution in [3.8, 4) is 11.5 Å². The monoisotopic (exact) mass is 488 g/mol. The number of likely N-dealkylation sites (tertiary alicyclic amines) is 2. The zero-order valence-electron chi connectivity index (χ0n) is 19.1. The molecule has 0 bridgehead atoms. The normalized spacial score (nSPS) is 19.7. The number of carbonyl (C=O) groups excluding carboxylic acids is 1. The lowest BCUT2D eigenvalue weighted by atomic mass is 10.0. The molecule has 0 aliphatic carbocycles. The number of anilines is 1. The van der Waals surface area contributed by atoms with Crippen molar-refractivity contribution in [3.63, 3.8) is 0 Å². The quantitative estimate of drug-likeness (QED) is 0.380. The fourth-order valence-electron chi connectivity index (χ4n) is 5.15. The van der Waals surface area contributed by atoms with Crippen LogP contribution in [-0.2, 0) is 6.54 Å². The van der Waals surface area contributed by atoms with E-state index in [9.17, 15) is 4.79 Å². The van der Waals surface area contributed by atoms with Gasteiger partial charge < -0.3 is 14.2 Å². The zero-order chi connectivity index (χ0) is 23.8. The molecule has 7 nitrogen and oxygen atoms in total. The Balaban J connectivity index is 1.03. The molecule has 0 unspecified atom stereocenters. The molecule has 8 heteroatoms. The number of rotatable bonds is 5. The molecule has 1 aromatic heterocycles. The van der Waals surface area contributed by atoms with Crippen molar-refractivity contribution in [1.29, 1.82) is 0 Å². The molecule has 0 saturated carbocycles. The molecule has 1 N–H and O–H groups in total. The first-order chi connectivity index (χ1) is 17.1. The standard InChI is InChI=1S/C27H25ClN4O3/c28-21-8-10-22(11-9-21)34-23-5-3-4-18(12-23)13-31-14-19-16-32(17-20(19)15-31)27(33)29-26-24-6-1-2-7-25(24)35-30-26/h1-12,19-20H,13-17H2,(H,29,30,33)/t19-,20+. The van der Waals surface area contributed by atoms with Gasteiger partial charge >= 0.3 is 6.03 Å². The van der Waals surface area contributed by atoms with Crippen LogP contribution in [0.2, 0.25) is 5.02 Å². The van der Waals surface area contributed by atoms with Crippen molar-refractivity contribution in [2.24, 2.45) is 11.8 Å². The third kappa shape index (κ3) is 4.70. The van der Waals surface area contributed by atoms with Crippen LogP contribution in [0.4, 0.5) is 10.6 Å². The van der Waals surface area contributed by atoms with Gasteiger partial charge in [-0.1, -0.05) is 41.0 Å². The maximum absolute atomic E-state index is 12.9. The molecule has 35 heavy (non-hydrogen) atoms. The van der Waals surface area contributed by atoms with Gasteiger partial charge in [-0.3, -0.25) is 10.2 Å². The molecule has 2 fully saturated rings. The van der Waals surface area contributed by atoms with E-state index in [1.54, 1.807) is 0 Å². The SMILES string of the molecule is O=C(Nc1noc2ccccc12)N1C[C@H]2CN(Cc3cccc(Oc4ccc(Cl)cc4)c3)C[C@H]2C1. The van der Waals surface area contributed by atoms with Crippen molar-refractivity contribution in [2.75, 3.05) is 31.5 Å². The fourth-order valence-corrected chi connectivity index (χ4v) is 5.27. The second kappa shape index (κ2) is 9.24. The van der Waals surface area contributed by atoms with Crippen LogP contribution in [0.3, 0.4) is 0 Å². The van der Waals surface area contributed by atoms with E-state index in [2.05, 4.69) is 27.5 Å². The summed E-state index contributed by atoms with van der Waals surface area (Å²) in [6.45, 7) is 4.32. The van der Waals surface area contributed by atoms with Gasteiger partial charge in [0.2, 0.25) is 0 Å². The minimum Gasteiger partial charge on any atom is -0.457 e. The molecule has 4 aromatic rings. The Kier molecular flexibility index (Phi) is 5.80. The number of ether oxygens (including phenoxy) is 1. The van der Waals surface area contributed by atoms with E-state index in [0.717, 1.165) is 49.6 Å². The molecule has 0 spiro atoms. The van der Waals surface area contributed by atoms with Crippen molar-refractivity contribution >= 4 is 34.4 Å². The number of hydrogen-bond donors (Lipinski definition) is 1. The van der Waals surface area contributed by atoms with Gasteiger partial charge in [-0.05, 0) is 65.9 Å². The number of nitrogens with one attached hydrogen (secondary N) is 1. The maximum atomic E-state index is 12.9. The largest absolute Gasteiger partial charge is 0.457 e.